The standard InChI is InChI=1S/C22H17ClN4O3/c1-14(28)24-20(15-8-10-17(23)11-9-15)22-21(25-19-7-2-3-12-26(19)22)16-5-4-6-18(13-16)27(29)30/h2-13,20H,1H3,(H,24,28). The number of rotatable bonds is 5. The summed E-state index contributed by atoms with van der Waals surface area (Å²) < 4.78 is 1.88. The molecule has 1 atom stereocenters. The lowest BCUT2D eigenvalue weighted by Crippen LogP contribution is -2.28. The first kappa shape index (κ1) is 19.6. The molecule has 0 fully saturated rings. The van der Waals surface area contributed by atoms with Crippen molar-refractivity contribution in [3.8, 4) is 11.3 Å². The van der Waals surface area contributed by atoms with E-state index in [-0.39, 0.29) is 11.6 Å². The number of pyridine rings is 1. The Hall–Kier alpha value is -3.71. The molecule has 7 nitrogen and oxygen atoms in total. The number of nitrogens with zero attached hydrogens (tertiary/aromatic N) is 3. The van der Waals surface area contributed by atoms with E-state index in [1.807, 2.05) is 40.9 Å². The van der Waals surface area contributed by atoms with E-state index in [2.05, 4.69) is 5.32 Å². The lowest BCUT2D eigenvalue weighted by molar-refractivity contribution is -0.384. The summed E-state index contributed by atoms with van der Waals surface area (Å²) in [4.78, 5) is 27.6. The Morgan fingerprint density at radius 3 is 2.60 bits per heavy atom. The molecule has 2 aromatic heterocycles. The Morgan fingerprint density at radius 2 is 1.90 bits per heavy atom. The predicted octanol–water partition coefficient (Wildman–Crippen LogP) is 4.79. The van der Waals surface area contributed by atoms with Crippen molar-refractivity contribution in [1.82, 2.24) is 14.7 Å². The van der Waals surface area contributed by atoms with Gasteiger partial charge in [-0.2, -0.15) is 0 Å². The first-order chi connectivity index (χ1) is 14.4. The van der Waals surface area contributed by atoms with Crippen LogP contribution in [0.25, 0.3) is 16.9 Å². The number of non-ortho nitro benzene ring substituents is 1. The smallest absolute Gasteiger partial charge is 0.270 e. The number of carbonyl (C=O) groups is 1. The number of benzene rings is 2. The van der Waals surface area contributed by atoms with Gasteiger partial charge in [-0.3, -0.25) is 14.9 Å². The second kappa shape index (κ2) is 7.96. The molecule has 0 radical (unpaired) electrons. The molecule has 8 heteroatoms. The highest BCUT2D eigenvalue weighted by Gasteiger charge is 2.25. The minimum Gasteiger partial charge on any atom is -0.344 e. The molecule has 0 aliphatic heterocycles. The maximum atomic E-state index is 12.1. The summed E-state index contributed by atoms with van der Waals surface area (Å²) in [5.74, 6) is -0.217. The van der Waals surface area contributed by atoms with E-state index in [0.29, 0.717) is 27.6 Å². The van der Waals surface area contributed by atoms with Gasteiger partial charge in [0.25, 0.3) is 5.69 Å². The summed E-state index contributed by atoms with van der Waals surface area (Å²) in [6.45, 7) is 1.44. The van der Waals surface area contributed by atoms with Crippen molar-refractivity contribution in [1.29, 1.82) is 0 Å². The number of hydrogen-bond donors (Lipinski definition) is 1. The topological polar surface area (TPSA) is 89.5 Å². The van der Waals surface area contributed by atoms with Crippen molar-refractivity contribution in [2.24, 2.45) is 0 Å². The zero-order chi connectivity index (χ0) is 21.3. The number of hydrogen-bond acceptors (Lipinski definition) is 4. The zero-order valence-electron chi connectivity index (χ0n) is 15.9. The fraction of sp³-hybridized carbons (Fsp3) is 0.0909. The van der Waals surface area contributed by atoms with E-state index in [9.17, 15) is 14.9 Å². The van der Waals surface area contributed by atoms with Crippen molar-refractivity contribution in [3.63, 3.8) is 0 Å². The molecule has 0 saturated carbocycles. The van der Waals surface area contributed by atoms with Gasteiger partial charge in [-0.25, -0.2) is 4.98 Å². The maximum absolute atomic E-state index is 12.1. The number of aromatic nitrogens is 2. The largest absolute Gasteiger partial charge is 0.344 e. The van der Waals surface area contributed by atoms with Gasteiger partial charge in [0.15, 0.2) is 0 Å². The van der Waals surface area contributed by atoms with Gasteiger partial charge in [0, 0.05) is 35.8 Å². The number of halogens is 1. The number of carbonyl (C=O) groups excluding carboxylic acids is 1. The summed E-state index contributed by atoms with van der Waals surface area (Å²) in [6.07, 6.45) is 1.85. The van der Waals surface area contributed by atoms with Crippen LogP contribution in [0.5, 0.6) is 0 Å². The van der Waals surface area contributed by atoms with Gasteiger partial charge in [-0.05, 0) is 29.8 Å². The number of nitrogens with one attached hydrogen (secondary N) is 1. The van der Waals surface area contributed by atoms with Crippen LogP contribution in [0.3, 0.4) is 0 Å². The third kappa shape index (κ3) is 3.75. The van der Waals surface area contributed by atoms with E-state index in [4.69, 9.17) is 16.6 Å². The first-order valence-corrected chi connectivity index (χ1v) is 9.56. The fourth-order valence-electron chi connectivity index (χ4n) is 3.44. The van der Waals surface area contributed by atoms with Gasteiger partial charge in [0.05, 0.1) is 22.4 Å². The highest BCUT2D eigenvalue weighted by atomic mass is 35.5. The van der Waals surface area contributed by atoms with Crippen LogP contribution in [0.15, 0.2) is 72.9 Å². The molecule has 1 unspecified atom stereocenters. The molecule has 0 bridgehead atoms. The SMILES string of the molecule is CC(=O)NC(c1ccc(Cl)cc1)c1c(-c2cccc([N+](=O)[O-])c2)nc2ccccn12. The molecule has 0 saturated heterocycles. The van der Waals surface area contributed by atoms with Crippen LogP contribution in [0.1, 0.15) is 24.2 Å². The highest BCUT2D eigenvalue weighted by molar-refractivity contribution is 6.30. The molecule has 0 aliphatic rings. The molecule has 1 N–H and O–H groups in total. The van der Waals surface area contributed by atoms with Gasteiger partial charge < -0.3 is 9.72 Å². The second-order valence-corrected chi connectivity index (χ2v) is 7.20. The normalized spacial score (nSPS) is 11.9. The Kier molecular flexibility index (Phi) is 5.20. The van der Waals surface area contributed by atoms with Crippen molar-refractivity contribution in [2.45, 2.75) is 13.0 Å². The van der Waals surface area contributed by atoms with Crippen LogP contribution >= 0.6 is 11.6 Å². The van der Waals surface area contributed by atoms with Crippen molar-refractivity contribution in [3.05, 3.63) is 99.3 Å². The number of imidazole rings is 1. The minimum absolute atomic E-state index is 0.0296. The quantitative estimate of drug-likeness (QED) is 0.371. The summed E-state index contributed by atoms with van der Waals surface area (Å²) in [7, 11) is 0. The van der Waals surface area contributed by atoms with Crippen LogP contribution in [0.4, 0.5) is 5.69 Å². The van der Waals surface area contributed by atoms with Gasteiger partial charge in [-0.1, -0.05) is 41.9 Å². The summed E-state index contributed by atoms with van der Waals surface area (Å²) in [5.41, 5.74) is 3.29. The number of fused-ring (bicyclic) bond motifs is 1. The van der Waals surface area contributed by atoms with E-state index in [1.165, 1.54) is 19.1 Å². The van der Waals surface area contributed by atoms with Gasteiger partial charge in [0.1, 0.15) is 5.65 Å². The number of nitro benzene ring substituents is 1. The summed E-state index contributed by atoms with van der Waals surface area (Å²) >= 11 is 6.05. The highest BCUT2D eigenvalue weighted by Crippen LogP contribution is 2.34. The van der Waals surface area contributed by atoms with Crippen LogP contribution in [-0.2, 0) is 4.79 Å². The van der Waals surface area contributed by atoms with Gasteiger partial charge >= 0.3 is 0 Å². The Balaban J connectivity index is 1.99. The van der Waals surface area contributed by atoms with Crippen molar-refractivity contribution in [2.75, 3.05) is 0 Å². The van der Waals surface area contributed by atoms with Crippen LogP contribution in [-0.4, -0.2) is 20.2 Å². The monoisotopic (exact) mass is 420 g/mol. The van der Waals surface area contributed by atoms with Gasteiger partial charge in [0.2, 0.25) is 5.91 Å². The van der Waals surface area contributed by atoms with Crippen LogP contribution < -0.4 is 5.32 Å². The molecule has 2 aromatic carbocycles. The molecule has 4 aromatic rings. The number of nitro groups is 1. The molecule has 0 spiro atoms. The van der Waals surface area contributed by atoms with E-state index >= 15 is 0 Å². The fourth-order valence-corrected chi connectivity index (χ4v) is 3.56. The second-order valence-electron chi connectivity index (χ2n) is 6.77. The average Bonchev–Trinajstić information content (AvgIpc) is 3.12. The third-order valence-electron chi connectivity index (χ3n) is 4.72. The summed E-state index contributed by atoms with van der Waals surface area (Å²) in [5, 5.41) is 14.8. The molecular formula is C22H17ClN4O3. The molecule has 150 valence electrons. The van der Waals surface area contributed by atoms with Crippen LogP contribution in [0.2, 0.25) is 5.02 Å². The van der Waals surface area contributed by atoms with E-state index < -0.39 is 11.0 Å². The lowest BCUT2D eigenvalue weighted by Gasteiger charge is -2.20. The molecule has 1 amide bonds. The van der Waals surface area contributed by atoms with E-state index in [1.54, 1.807) is 24.3 Å². The van der Waals surface area contributed by atoms with Gasteiger partial charge in [-0.15, -0.1) is 0 Å². The Bertz CT molecular complexity index is 1250. The van der Waals surface area contributed by atoms with Crippen LogP contribution in [0, 0.1) is 10.1 Å². The Labute approximate surface area is 177 Å². The Morgan fingerprint density at radius 1 is 1.13 bits per heavy atom. The lowest BCUT2D eigenvalue weighted by atomic mass is 9.99. The maximum Gasteiger partial charge on any atom is 0.270 e. The molecule has 0 aliphatic carbocycles. The first-order valence-electron chi connectivity index (χ1n) is 9.18. The minimum atomic E-state index is -0.536. The third-order valence-corrected chi connectivity index (χ3v) is 4.97. The predicted molar refractivity (Wildman–Crippen MR) is 114 cm³/mol. The molecule has 4 rings (SSSR count). The molecular weight excluding hydrogens is 404 g/mol. The molecule has 30 heavy (non-hydrogen) atoms. The molecule has 2 heterocycles. The zero-order valence-corrected chi connectivity index (χ0v) is 16.7. The van der Waals surface area contributed by atoms with Crippen molar-refractivity contribution < 1.29 is 9.72 Å². The average molecular weight is 421 g/mol. The van der Waals surface area contributed by atoms with Crippen molar-refractivity contribution >= 4 is 28.8 Å². The summed E-state index contributed by atoms with van der Waals surface area (Å²) in [6, 6.07) is 18.5. The van der Waals surface area contributed by atoms with E-state index in [0.717, 1.165) is 5.56 Å². The number of amides is 1.